The monoisotopic (exact) mass is 536 g/mol. The second kappa shape index (κ2) is 9.87. The third-order valence-electron chi connectivity index (χ3n) is 6.61. The summed E-state index contributed by atoms with van der Waals surface area (Å²) in [5, 5.41) is 3.36. The molecule has 35 heavy (non-hydrogen) atoms. The van der Waals surface area contributed by atoms with Gasteiger partial charge in [0.05, 0.1) is 22.3 Å². The lowest BCUT2D eigenvalue weighted by atomic mass is 10.1. The van der Waals surface area contributed by atoms with Crippen molar-refractivity contribution < 1.29 is 26.0 Å². The van der Waals surface area contributed by atoms with E-state index in [0.717, 1.165) is 36.6 Å². The fourth-order valence-corrected chi connectivity index (χ4v) is 6.72. The van der Waals surface area contributed by atoms with E-state index in [2.05, 4.69) is 25.2 Å². The predicted octanol–water partition coefficient (Wildman–Crippen LogP) is 3.79. The molecule has 1 N–H and O–H groups in total. The molecule has 8 nitrogen and oxygen atoms in total. The minimum atomic E-state index is -4.76. The first-order chi connectivity index (χ1) is 16.3. The second-order valence-corrected chi connectivity index (χ2v) is 12.3. The number of aromatic nitrogens is 3. The van der Waals surface area contributed by atoms with Gasteiger partial charge < -0.3 is 10.2 Å². The molecule has 2 aromatic rings. The molecule has 0 spiro atoms. The van der Waals surface area contributed by atoms with Crippen molar-refractivity contribution in [1.82, 2.24) is 24.2 Å². The predicted molar refractivity (Wildman–Crippen MR) is 125 cm³/mol. The van der Waals surface area contributed by atoms with Gasteiger partial charge in [0.1, 0.15) is 5.69 Å². The van der Waals surface area contributed by atoms with Crippen molar-refractivity contribution in [1.29, 1.82) is 0 Å². The van der Waals surface area contributed by atoms with Crippen LogP contribution in [0.3, 0.4) is 0 Å². The second-order valence-electron chi connectivity index (χ2n) is 9.33. The first-order valence-corrected chi connectivity index (χ1v) is 14.0. The van der Waals surface area contributed by atoms with E-state index in [1.807, 2.05) is 14.1 Å². The average Bonchev–Trinajstić information content (AvgIpc) is 3.42. The zero-order chi connectivity index (χ0) is 25.5. The van der Waals surface area contributed by atoms with Crippen molar-refractivity contribution in [3.63, 3.8) is 0 Å². The fraction of sp³-hybridized carbons (Fsp3) is 0.667. The summed E-state index contributed by atoms with van der Waals surface area (Å²) in [6, 6.07) is 0.0780. The quantitative estimate of drug-likeness (QED) is 0.562. The maximum Gasteiger partial charge on any atom is 0.434 e. The number of hydrogen-bond acceptors (Lipinski definition) is 8. The van der Waals surface area contributed by atoms with Crippen LogP contribution in [0.25, 0.3) is 10.6 Å². The molecule has 0 aromatic carbocycles. The topological polar surface area (TPSA) is 91.3 Å². The van der Waals surface area contributed by atoms with Crippen LogP contribution < -0.4 is 5.32 Å². The molecule has 1 saturated carbocycles. The first kappa shape index (κ1) is 26.2. The summed E-state index contributed by atoms with van der Waals surface area (Å²) in [6.07, 6.45) is 0.458. The summed E-state index contributed by atoms with van der Waals surface area (Å²) in [5.41, 5.74) is -1.56. The van der Waals surface area contributed by atoms with E-state index in [0.29, 0.717) is 37.4 Å². The standard InChI is InChI=1S/C21H28F4N6O2S2/c1-30(2)14-5-4-12(10-14)19-29-18(21(23,24)25)17(34-19)16-15(22)11-26-20(28-16)27-13-6-8-31(9-7-13)35(3,32)33/h11-14H,4-10H2,1-3H3,(H,26,27,28)/t12-,14+/m1/s1. The van der Waals surface area contributed by atoms with Crippen molar-refractivity contribution in [3.8, 4) is 10.6 Å². The normalized spacial score (nSPS) is 22.7. The van der Waals surface area contributed by atoms with E-state index in [-0.39, 0.29) is 28.8 Å². The molecular formula is C21H28F4N6O2S2. The number of piperidine rings is 1. The summed E-state index contributed by atoms with van der Waals surface area (Å²) in [4.78, 5) is 13.6. The van der Waals surface area contributed by atoms with Crippen LogP contribution in [-0.4, -0.2) is 78.1 Å². The molecule has 2 fully saturated rings. The summed E-state index contributed by atoms with van der Waals surface area (Å²) in [7, 11) is 0.591. The lowest BCUT2D eigenvalue weighted by molar-refractivity contribution is -0.140. The largest absolute Gasteiger partial charge is 0.434 e. The molecule has 1 aliphatic heterocycles. The van der Waals surface area contributed by atoms with Crippen molar-refractivity contribution in [2.24, 2.45) is 0 Å². The molecule has 0 bridgehead atoms. The summed E-state index contributed by atoms with van der Waals surface area (Å²) in [6.45, 7) is 0.604. The Balaban J connectivity index is 1.59. The highest BCUT2D eigenvalue weighted by Crippen LogP contribution is 2.45. The van der Waals surface area contributed by atoms with Crippen molar-refractivity contribution in [2.75, 3.05) is 38.8 Å². The van der Waals surface area contributed by atoms with Gasteiger partial charge in [0.2, 0.25) is 16.0 Å². The van der Waals surface area contributed by atoms with E-state index in [9.17, 15) is 26.0 Å². The van der Waals surface area contributed by atoms with Gasteiger partial charge in [-0.1, -0.05) is 0 Å². The molecule has 2 atom stereocenters. The van der Waals surface area contributed by atoms with Gasteiger partial charge in [0.15, 0.2) is 11.5 Å². The molecular weight excluding hydrogens is 508 g/mol. The Morgan fingerprint density at radius 2 is 1.83 bits per heavy atom. The highest BCUT2D eigenvalue weighted by molar-refractivity contribution is 7.88. The highest BCUT2D eigenvalue weighted by Gasteiger charge is 2.41. The Hall–Kier alpha value is -1.90. The van der Waals surface area contributed by atoms with Gasteiger partial charge in [-0.2, -0.15) is 13.2 Å². The Morgan fingerprint density at radius 3 is 2.40 bits per heavy atom. The zero-order valence-electron chi connectivity index (χ0n) is 19.6. The summed E-state index contributed by atoms with van der Waals surface area (Å²) >= 11 is 0.841. The molecule has 14 heteroatoms. The molecule has 0 radical (unpaired) electrons. The van der Waals surface area contributed by atoms with E-state index >= 15 is 0 Å². The third-order valence-corrected chi connectivity index (χ3v) is 9.14. The number of anilines is 1. The van der Waals surface area contributed by atoms with E-state index < -0.39 is 33.4 Å². The Morgan fingerprint density at radius 1 is 1.14 bits per heavy atom. The highest BCUT2D eigenvalue weighted by atomic mass is 32.2. The van der Waals surface area contributed by atoms with Crippen LogP contribution in [0.4, 0.5) is 23.5 Å². The van der Waals surface area contributed by atoms with Gasteiger partial charge in [-0.25, -0.2) is 32.1 Å². The minimum absolute atomic E-state index is 0.00387. The molecule has 1 saturated heterocycles. The van der Waals surface area contributed by atoms with Gasteiger partial charge >= 0.3 is 6.18 Å². The van der Waals surface area contributed by atoms with Gasteiger partial charge in [-0.05, 0) is 46.2 Å². The molecule has 4 rings (SSSR count). The Kier molecular flexibility index (Phi) is 7.38. The Labute approximate surface area is 205 Å². The average molecular weight is 537 g/mol. The van der Waals surface area contributed by atoms with Crippen molar-refractivity contribution in [3.05, 3.63) is 22.7 Å². The minimum Gasteiger partial charge on any atom is -0.351 e. The maximum atomic E-state index is 14.7. The lowest BCUT2D eigenvalue weighted by Gasteiger charge is -2.30. The van der Waals surface area contributed by atoms with Crippen LogP contribution in [-0.2, 0) is 16.2 Å². The number of nitrogens with zero attached hydrogens (tertiary/aromatic N) is 5. The van der Waals surface area contributed by atoms with Gasteiger partial charge in [0, 0.05) is 31.1 Å². The SMILES string of the molecule is CN(C)[C@H]1CC[C@@H](c2nc(C(F)(F)F)c(-c3nc(NC4CCN(S(C)(=O)=O)CC4)ncc3F)s2)C1. The zero-order valence-corrected chi connectivity index (χ0v) is 21.3. The van der Waals surface area contributed by atoms with E-state index in [1.54, 1.807) is 0 Å². The first-order valence-electron chi connectivity index (χ1n) is 11.3. The molecule has 2 aliphatic rings. The summed E-state index contributed by atoms with van der Waals surface area (Å²) < 4.78 is 81.1. The number of thiazole rings is 1. The van der Waals surface area contributed by atoms with Crippen LogP contribution in [0.5, 0.6) is 0 Å². The molecule has 194 valence electrons. The Bertz CT molecular complexity index is 1160. The molecule has 3 heterocycles. The third kappa shape index (κ3) is 5.92. The molecule has 1 aliphatic carbocycles. The summed E-state index contributed by atoms with van der Waals surface area (Å²) in [5.74, 6) is -1.08. The van der Waals surface area contributed by atoms with Gasteiger partial charge in [0.25, 0.3) is 0 Å². The molecule has 0 amide bonds. The van der Waals surface area contributed by atoms with E-state index in [4.69, 9.17) is 0 Å². The van der Waals surface area contributed by atoms with Gasteiger partial charge in [-0.3, -0.25) is 0 Å². The van der Waals surface area contributed by atoms with Crippen LogP contribution in [0.1, 0.15) is 48.7 Å². The fourth-order valence-electron chi connectivity index (χ4n) is 4.63. The molecule has 0 unspecified atom stereocenters. The number of alkyl halides is 3. The van der Waals surface area contributed by atoms with E-state index in [1.165, 1.54) is 4.31 Å². The lowest BCUT2D eigenvalue weighted by Crippen LogP contribution is -2.42. The van der Waals surface area contributed by atoms with Crippen molar-refractivity contribution in [2.45, 2.75) is 56.3 Å². The smallest absolute Gasteiger partial charge is 0.351 e. The van der Waals surface area contributed by atoms with Gasteiger partial charge in [-0.15, -0.1) is 11.3 Å². The van der Waals surface area contributed by atoms with Crippen LogP contribution in [0.2, 0.25) is 0 Å². The van der Waals surface area contributed by atoms with Crippen LogP contribution >= 0.6 is 11.3 Å². The van der Waals surface area contributed by atoms with Crippen LogP contribution in [0, 0.1) is 5.82 Å². The number of nitrogens with one attached hydrogen (secondary N) is 1. The number of sulfonamides is 1. The maximum absolute atomic E-state index is 14.7. The number of hydrogen-bond donors (Lipinski definition) is 1. The van der Waals surface area contributed by atoms with Crippen molar-refractivity contribution >= 4 is 27.3 Å². The molecule has 2 aromatic heterocycles. The van der Waals surface area contributed by atoms with Crippen LogP contribution in [0.15, 0.2) is 6.20 Å². The number of halogens is 4. The number of rotatable bonds is 6.